The lowest BCUT2D eigenvalue weighted by atomic mass is 10.0. The number of nitrogens with zero attached hydrogens (tertiary/aromatic N) is 2. The lowest BCUT2D eigenvalue weighted by Gasteiger charge is -2.36. The van der Waals surface area contributed by atoms with Gasteiger partial charge in [0.1, 0.15) is 5.82 Å². The van der Waals surface area contributed by atoms with Gasteiger partial charge in [-0.2, -0.15) is 0 Å². The summed E-state index contributed by atoms with van der Waals surface area (Å²) in [5.74, 6) is 0.550. The average molecular weight is 428 g/mol. The number of Topliss-reactive ketones (excluding diaryl/α,β-unsaturated/α-hetero) is 1. The first-order valence-electron chi connectivity index (χ1n) is 10.4. The summed E-state index contributed by atoms with van der Waals surface area (Å²) in [5, 5.41) is 3.01. The van der Waals surface area contributed by atoms with E-state index in [1.54, 1.807) is 23.9 Å². The van der Waals surface area contributed by atoms with Crippen LogP contribution in [0.5, 0.6) is 0 Å². The molecule has 0 atom stereocenters. The maximum Gasteiger partial charge on any atom is 0.252 e. The first-order chi connectivity index (χ1) is 14.6. The van der Waals surface area contributed by atoms with E-state index in [2.05, 4.69) is 15.1 Å². The van der Waals surface area contributed by atoms with Crippen molar-refractivity contribution in [3.63, 3.8) is 0 Å². The number of halogens is 1. The highest BCUT2D eigenvalue weighted by atomic mass is 32.2. The number of piperazine rings is 1. The maximum absolute atomic E-state index is 13.1. The number of hydrogen-bond acceptors (Lipinski definition) is 5. The Bertz CT molecular complexity index is 911. The van der Waals surface area contributed by atoms with Crippen LogP contribution in [0.3, 0.4) is 0 Å². The third-order valence-electron chi connectivity index (χ3n) is 5.64. The van der Waals surface area contributed by atoms with Crippen LogP contribution in [0.1, 0.15) is 33.6 Å². The van der Waals surface area contributed by atoms with E-state index in [0.29, 0.717) is 24.1 Å². The standard InChI is InChI=1S/C23H26FN3O2S/c24-17-5-7-18(8-6-17)27-14-12-26(13-15-27)11-2-10-25-23(29)20-4-1-3-19-21(28)9-16-30-22(19)20/h1,3-8H,2,9-16H2,(H,25,29). The van der Waals surface area contributed by atoms with Crippen molar-refractivity contribution in [1.82, 2.24) is 10.2 Å². The van der Waals surface area contributed by atoms with Crippen LogP contribution in [0.2, 0.25) is 0 Å². The molecule has 0 unspecified atom stereocenters. The van der Waals surface area contributed by atoms with Crippen LogP contribution >= 0.6 is 11.8 Å². The Morgan fingerprint density at radius 2 is 1.83 bits per heavy atom. The number of fused-ring (bicyclic) bond motifs is 1. The second-order valence-electron chi connectivity index (χ2n) is 7.62. The molecule has 158 valence electrons. The molecule has 4 rings (SSSR count). The van der Waals surface area contributed by atoms with E-state index in [1.807, 2.05) is 18.2 Å². The molecule has 1 saturated heterocycles. The van der Waals surface area contributed by atoms with E-state index in [-0.39, 0.29) is 17.5 Å². The molecule has 5 nitrogen and oxygen atoms in total. The topological polar surface area (TPSA) is 52.7 Å². The first-order valence-corrected chi connectivity index (χ1v) is 11.4. The van der Waals surface area contributed by atoms with Crippen LogP contribution in [0.25, 0.3) is 0 Å². The molecule has 1 amide bonds. The Morgan fingerprint density at radius 3 is 2.60 bits per heavy atom. The Kier molecular flexibility index (Phi) is 6.69. The van der Waals surface area contributed by atoms with E-state index in [4.69, 9.17) is 0 Å². The fourth-order valence-corrected chi connectivity index (χ4v) is 5.10. The van der Waals surface area contributed by atoms with Crippen LogP contribution in [0, 0.1) is 5.82 Å². The minimum Gasteiger partial charge on any atom is -0.369 e. The van der Waals surface area contributed by atoms with Crippen molar-refractivity contribution in [3.8, 4) is 0 Å². The van der Waals surface area contributed by atoms with E-state index in [0.717, 1.165) is 55.5 Å². The molecule has 0 aromatic heterocycles. The zero-order chi connectivity index (χ0) is 20.9. The quantitative estimate of drug-likeness (QED) is 0.716. The van der Waals surface area contributed by atoms with Gasteiger partial charge < -0.3 is 10.2 Å². The molecule has 2 heterocycles. The van der Waals surface area contributed by atoms with Crippen molar-refractivity contribution in [3.05, 3.63) is 59.4 Å². The van der Waals surface area contributed by atoms with Crippen LogP contribution in [-0.2, 0) is 0 Å². The fraction of sp³-hybridized carbons (Fsp3) is 0.391. The number of anilines is 1. The third-order valence-corrected chi connectivity index (χ3v) is 6.77. The molecular weight excluding hydrogens is 401 g/mol. The van der Waals surface area contributed by atoms with Crippen molar-refractivity contribution in [2.75, 3.05) is 49.9 Å². The highest BCUT2D eigenvalue weighted by Crippen LogP contribution is 2.33. The molecule has 30 heavy (non-hydrogen) atoms. The van der Waals surface area contributed by atoms with Gasteiger partial charge in [0.25, 0.3) is 5.91 Å². The predicted octanol–water partition coefficient (Wildman–Crippen LogP) is 3.45. The monoisotopic (exact) mass is 427 g/mol. The zero-order valence-electron chi connectivity index (χ0n) is 16.9. The van der Waals surface area contributed by atoms with E-state index < -0.39 is 0 Å². The molecule has 1 fully saturated rings. The Hall–Kier alpha value is -2.38. The van der Waals surface area contributed by atoms with Gasteiger partial charge in [0.05, 0.1) is 5.56 Å². The molecule has 0 bridgehead atoms. The molecule has 2 aliphatic heterocycles. The second kappa shape index (κ2) is 9.62. The highest BCUT2D eigenvalue weighted by Gasteiger charge is 2.23. The Balaban J connectivity index is 1.21. The molecule has 0 radical (unpaired) electrons. The molecule has 7 heteroatoms. The molecular formula is C23H26FN3O2S. The Morgan fingerprint density at radius 1 is 1.07 bits per heavy atom. The van der Waals surface area contributed by atoms with Crippen LogP contribution in [-0.4, -0.2) is 61.6 Å². The van der Waals surface area contributed by atoms with Crippen molar-refractivity contribution < 1.29 is 14.0 Å². The number of amides is 1. The summed E-state index contributed by atoms with van der Waals surface area (Å²) in [6, 6.07) is 12.1. The van der Waals surface area contributed by atoms with Crippen molar-refractivity contribution in [2.24, 2.45) is 0 Å². The Labute approximate surface area is 180 Å². The second-order valence-corrected chi connectivity index (χ2v) is 8.72. The molecule has 0 saturated carbocycles. The van der Waals surface area contributed by atoms with Crippen molar-refractivity contribution >= 4 is 29.1 Å². The van der Waals surface area contributed by atoms with Gasteiger partial charge in [-0.1, -0.05) is 12.1 Å². The van der Waals surface area contributed by atoms with Gasteiger partial charge in [0.2, 0.25) is 0 Å². The van der Waals surface area contributed by atoms with Gasteiger partial charge in [-0.15, -0.1) is 11.8 Å². The number of ketones is 1. The summed E-state index contributed by atoms with van der Waals surface area (Å²) >= 11 is 1.59. The number of carbonyl (C=O) groups excluding carboxylic acids is 2. The summed E-state index contributed by atoms with van der Waals surface area (Å²) in [4.78, 5) is 30.2. The van der Waals surface area contributed by atoms with Gasteiger partial charge in [-0.05, 0) is 43.3 Å². The summed E-state index contributed by atoms with van der Waals surface area (Å²) in [5.41, 5.74) is 2.35. The van der Waals surface area contributed by atoms with Gasteiger partial charge >= 0.3 is 0 Å². The first kappa shape index (κ1) is 20.9. The molecule has 0 spiro atoms. The third kappa shape index (κ3) is 4.84. The molecule has 1 N–H and O–H groups in total. The normalized spacial score (nSPS) is 17.0. The SMILES string of the molecule is O=C1CCSc2c1cccc2C(=O)NCCCN1CCN(c2ccc(F)cc2)CC1. The number of rotatable bonds is 6. The lowest BCUT2D eigenvalue weighted by Crippen LogP contribution is -2.47. The summed E-state index contributed by atoms with van der Waals surface area (Å²) in [6.45, 7) is 5.28. The summed E-state index contributed by atoms with van der Waals surface area (Å²) in [7, 11) is 0. The van der Waals surface area contributed by atoms with Crippen molar-refractivity contribution in [1.29, 1.82) is 0 Å². The van der Waals surface area contributed by atoms with E-state index in [9.17, 15) is 14.0 Å². The zero-order valence-corrected chi connectivity index (χ0v) is 17.7. The predicted molar refractivity (Wildman–Crippen MR) is 118 cm³/mol. The summed E-state index contributed by atoms with van der Waals surface area (Å²) in [6.07, 6.45) is 1.42. The molecule has 2 aromatic carbocycles. The van der Waals surface area contributed by atoms with Gasteiger partial charge in [0.15, 0.2) is 5.78 Å². The minimum absolute atomic E-state index is 0.102. The number of carbonyl (C=O) groups is 2. The van der Waals surface area contributed by atoms with Gasteiger partial charge in [-0.25, -0.2) is 4.39 Å². The molecule has 0 aliphatic carbocycles. The van der Waals surface area contributed by atoms with Crippen LogP contribution < -0.4 is 10.2 Å². The highest BCUT2D eigenvalue weighted by molar-refractivity contribution is 7.99. The van der Waals surface area contributed by atoms with Crippen molar-refractivity contribution in [2.45, 2.75) is 17.7 Å². The average Bonchev–Trinajstić information content (AvgIpc) is 2.77. The van der Waals surface area contributed by atoms with Gasteiger partial charge in [-0.3, -0.25) is 14.5 Å². The number of benzene rings is 2. The number of nitrogens with one attached hydrogen (secondary N) is 1. The van der Waals surface area contributed by atoms with Crippen LogP contribution in [0.4, 0.5) is 10.1 Å². The number of hydrogen-bond donors (Lipinski definition) is 1. The maximum atomic E-state index is 13.1. The largest absolute Gasteiger partial charge is 0.369 e. The minimum atomic E-state index is -0.208. The van der Waals surface area contributed by atoms with E-state index >= 15 is 0 Å². The summed E-state index contributed by atoms with van der Waals surface area (Å²) < 4.78 is 13.1. The lowest BCUT2D eigenvalue weighted by molar-refractivity contribution is 0.0948. The van der Waals surface area contributed by atoms with E-state index in [1.165, 1.54) is 12.1 Å². The smallest absolute Gasteiger partial charge is 0.252 e. The molecule has 2 aromatic rings. The molecule has 2 aliphatic rings. The fourth-order valence-electron chi connectivity index (χ4n) is 3.95. The number of thioether (sulfide) groups is 1. The van der Waals surface area contributed by atoms with Crippen LogP contribution in [0.15, 0.2) is 47.4 Å². The van der Waals surface area contributed by atoms with Gasteiger partial charge in [0, 0.05) is 61.0 Å².